The third-order valence-corrected chi connectivity index (χ3v) is 5.51. The molecule has 1 aromatic heterocycles. The van der Waals surface area contributed by atoms with Crippen LogP contribution in [0.2, 0.25) is 0 Å². The fraction of sp³-hybridized carbons (Fsp3) is 0.667. The Morgan fingerprint density at radius 3 is 2.70 bits per heavy atom. The average Bonchev–Trinajstić information content (AvgIpc) is 3.01. The van der Waals surface area contributed by atoms with Crippen molar-refractivity contribution >= 4 is 15.9 Å². The van der Waals surface area contributed by atoms with Crippen LogP contribution in [-0.4, -0.2) is 30.6 Å². The average molecular weight is 298 g/mol. The number of hydrogen-bond donors (Lipinski definition) is 3. The van der Waals surface area contributed by atoms with Crippen molar-refractivity contribution in [2.45, 2.75) is 43.5 Å². The number of sulfonamides is 1. The van der Waals surface area contributed by atoms with Crippen LogP contribution in [0, 0.1) is 18.8 Å². The minimum atomic E-state index is -3.96. The van der Waals surface area contributed by atoms with Gasteiger partial charge in [0.1, 0.15) is 4.90 Å². The lowest BCUT2D eigenvalue weighted by molar-refractivity contribution is 0.0914. The molecule has 0 radical (unpaired) electrons. The lowest BCUT2D eigenvalue weighted by Crippen LogP contribution is -2.39. The molecular weight excluding hydrogens is 280 g/mol. The predicted octanol–water partition coefficient (Wildman–Crippen LogP) is 0.284. The van der Waals surface area contributed by atoms with Gasteiger partial charge < -0.3 is 5.32 Å². The zero-order valence-corrected chi connectivity index (χ0v) is 12.0. The van der Waals surface area contributed by atoms with Crippen molar-refractivity contribution in [3.63, 3.8) is 0 Å². The highest BCUT2D eigenvalue weighted by molar-refractivity contribution is 7.89. The summed E-state index contributed by atoms with van der Waals surface area (Å²) in [5.41, 5.74) is 0.151. The van der Waals surface area contributed by atoms with Gasteiger partial charge in [-0.2, -0.15) is 5.10 Å². The maximum Gasteiger partial charge on any atom is 0.273 e. The van der Waals surface area contributed by atoms with Gasteiger partial charge in [0, 0.05) is 6.04 Å². The van der Waals surface area contributed by atoms with E-state index < -0.39 is 15.9 Å². The highest BCUT2D eigenvalue weighted by Crippen LogP contribution is 2.44. The Hall–Kier alpha value is -1.41. The van der Waals surface area contributed by atoms with E-state index in [1.54, 1.807) is 0 Å². The molecular formula is C12H18N4O3S. The third-order valence-electron chi connectivity index (χ3n) is 4.45. The molecule has 3 rings (SSSR count). The Morgan fingerprint density at radius 2 is 2.15 bits per heavy atom. The molecule has 8 heteroatoms. The van der Waals surface area contributed by atoms with Gasteiger partial charge in [0.15, 0.2) is 5.69 Å². The summed E-state index contributed by atoms with van der Waals surface area (Å²) in [6, 6.07) is 0.131. The number of aromatic amines is 1. The molecule has 7 nitrogen and oxygen atoms in total. The molecule has 2 saturated carbocycles. The van der Waals surface area contributed by atoms with Crippen LogP contribution < -0.4 is 10.5 Å². The first kappa shape index (κ1) is 13.6. The van der Waals surface area contributed by atoms with E-state index in [1.807, 2.05) is 0 Å². The fourth-order valence-electron chi connectivity index (χ4n) is 3.58. The molecule has 2 fully saturated rings. The van der Waals surface area contributed by atoms with E-state index in [0.29, 0.717) is 11.8 Å². The normalized spacial score (nSPS) is 28.8. The van der Waals surface area contributed by atoms with Gasteiger partial charge in [0.2, 0.25) is 10.0 Å². The number of carbonyl (C=O) groups excluding carboxylic acids is 1. The van der Waals surface area contributed by atoms with Gasteiger partial charge in [-0.05, 0) is 38.0 Å². The number of nitrogens with two attached hydrogens (primary N) is 1. The number of H-pyrrole nitrogens is 1. The minimum absolute atomic E-state index is 0.131. The molecule has 0 spiro atoms. The zero-order chi connectivity index (χ0) is 14.5. The number of amides is 1. The summed E-state index contributed by atoms with van der Waals surface area (Å²) < 4.78 is 23.1. The molecule has 1 heterocycles. The number of nitrogens with zero attached hydrogens (tertiary/aromatic N) is 1. The maximum absolute atomic E-state index is 12.2. The highest BCUT2D eigenvalue weighted by Gasteiger charge is 2.40. The van der Waals surface area contributed by atoms with Gasteiger partial charge in [0.25, 0.3) is 5.91 Å². The number of aryl methyl sites for hydroxylation is 1. The summed E-state index contributed by atoms with van der Waals surface area (Å²) in [4.78, 5) is 12.0. The first-order valence-electron chi connectivity index (χ1n) is 6.75. The first-order valence-corrected chi connectivity index (χ1v) is 8.29. The van der Waals surface area contributed by atoms with Crippen LogP contribution in [0.3, 0.4) is 0 Å². The smallest absolute Gasteiger partial charge is 0.273 e. The molecule has 4 N–H and O–H groups in total. The van der Waals surface area contributed by atoms with Crippen molar-refractivity contribution in [3.05, 3.63) is 11.4 Å². The van der Waals surface area contributed by atoms with Crippen molar-refractivity contribution in [2.75, 3.05) is 0 Å². The summed E-state index contributed by atoms with van der Waals surface area (Å²) in [5.74, 6) is 0.752. The molecule has 1 aromatic rings. The van der Waals surface area contributed by atoms with Crippen molar-refractivity contribution in [2.24, 2.45) is 17.0 Å². The Bertz CT molecular complexity index is 652. The standard InChI is InChI=1S/C12H18N4O3S/c1-6-11(20(13,18)19)10(16-15-6)12(17)14-9-5-7-2-3-8(9)4-7/h7-9H,2-5H2,1H3,(H,14,17)(H,15,16)(H2,13,18,19). The van der Waals surface area contributed by atoms with Crippen LogP contribution in [0.25, 0.3) is 0 Å². The van der Waals surface area contributed by atoms with Crippen LogP contribution in [0.15, 0.2) is 4.90 Å². The minimum Gasteiger partial charge on any atom is -0.348 e. The Labute approximate surface area is 117 Å². The van der Waals surface area contributed by atoms with Crippen molar-refractivity contribution in [1.29, 1.82) is 0 Å². The monoisotopic (exact) mass is 298 g/mol. The molecule has 3 unspecified atom stereocenters. The second-order valence-corrected chi connectivity index (χ2v) is 7.32. The summed E-state index contributed by atoms with van der Waals surface area (Å²) in [5, 5.41) is 14.4. The van der Waals surface area contributed by atoms with Crippen LogP contribution in [-0.2, 0) is 10.0 Å². The van der Waals surface area contributed by atoms with Crippen LogP contribution in [0.5, 0.6) is 0 Å². The number of fused-ring (bicyclic) bond motifs is 2. The van der Waals surface area contributed by atoms with Crippen LogP contribution in [0.1, 0.15) is 41.9 Å². The number of carbonyl (C=O) groups is 1. The highest BCUT2D eigenvalue weighted by atomic mass is 32.2. The van der Waals surface area contributed by atoms with Gasteiger partial charge in [-0.3, -0.25) is 9.89 Å². The van der Waals surface area contributed by atoms with Crippen LogP contribution in [0.4, 0.5) is 0 Å². The molecule has 1 amide bonds. The maximum atomic E-state index is 12.2. The van der Waals surface area contributed by atoms with Gasteiger partial charge >= 0.3 is 0 Å². The summed E-state index contributed by atoms with van der Waals surface area (Å²) in [7, 11) is -3.96. The van der Waals surface area contributed by atoms with E-state index in [4.69, 9.17) is 5.14 Å². The Morgan fingerprint density at radius 1 is 1.40 bits per heavy atom. The summed E-state index contributed by atoms with van der Waals surface area (Å²) >= 11 is 0. The molecule has 3 atom stereocenters. The number of aromatic nitrogens is 2. The Balaban J connectivity index is 1.82. The number of nitrogens with one attached hydrogen (secondary N) is 2. The van der Waals surface area contributed by atoms with Crippen molar-refractivity contribution in [1.82, 2.24) is 15.5 Å². The fourth-order valence-corrected chi connectivity index (χ4v) is 4.46. The Kier molecular flexibility index (Phi) is 3.09. The van der Waals surface area contributed by atoms with Crippen LogP contribution >= 0.6 is 0 Å². The molecule has 2 aliphatic rings. The predicted molar refractivity (Wildman–Crippen MR) is 71.4 cm³/mol. The van der Waals surface area contributed by atoms with E-state index in [-0.39, 0.29) is 22.3 Å². The number of rotatable bonds is 3. The van der Waals surface area contributed by atoms with E-state index in [1.165, 1.54) is 13.3 Å². The number of hydrogen-bond acceptors (Lipinski definition) is 4. The van der Waals surface area contributed by atoms with Gasteiger partial charge in [0.05, 0.1) is 5.69 Å². The molecule has 2 bridgehead atoms. The molecule has 0 aliphatic heterocycles. The largest absolute Gasteiger partial charge is 0.348 e. The SMILES string of the molecule is Cc1[nH]nc(C(=O)NC2CC3CCC2C3)c1S(N)(=O)=O. The third kappa shape index (κ3) is 2.22. The number of primary sulfonamides is 1. The van der Waals surface area contributed by atoms with Crippen molar-refractivity contribution in [3.8, 4) is 0 Å². The van der Waals surface area contributed by atoms with Gasteiger partial charge in [-0.25, -0.2) is 13.6 Å². The summed E-state index contributed by atoms with van der Waals surface area (Å²) in [6.07, 6.45) is 4.51. The van der Waals surface area contributed by atoms with Crippen molar-refractivity contribution < 1.29 is 13.2 Å². The zero-order valence-electron chi connectivity index (χ0n) is 11.2. The molecule has 20 heavy (non-hydrogen) atoms. The lowest BCUT2D eigenvalue weighted by Gasteiger charge is -2.22. The van der Waals surface area contributed by atoms with E-state index >= 15 is 0 Å². The second-order valence-electron chi connectivity index (χ2n) is 5.83. The quantitative estimate of drug-likeness (QED) is 0.743. The molecule has 2 aliphatic carbocycles. The molecule has 0 saturated heterocycles. The van der Waals surface area contributed by atoms with Gasteiger partial charge in [-0.15, -0.1) is 0 Å². The molecule has 0 aromatic carbocycles. The topological polar surface area (TPSA) is 118 Å². The lowest BCUT2D eigenvalue weighted by atomic mass is 9.95. The summed E-state index contributed by atoms with van der Waals surface area (Å²) in [6.45, 7) is 1.53. The van der Waals surface area contributed by atoms with Gasteiger partial charge in [-0.1, -0.05) is 6.42 Å². The van der Waals surface area contributed by atoms with E-state index in [2.05, 4.69) is 15.5 Å². The molecule has 110 valence electrons. The van der Waals surface area contributed by atoms with E-state index in [0.717, 1.165) is 19.3 Å². The first-order chi connectivity index (χ1) is 9.36. The second kappa shape index (κ2) is 4.56. The van der Waals surface area contributed by atoms with E-state index in [9.17, 15) is 13.2 Å².